The van der Waals surface area contributed by atoms with Crippen molar-refractivity contribution in [2.45, 2.75) is 63.7 Å². The minimum atomic E-state index is -0.191. The molecule has 0 radical (unpaired) electrons. The predicted octanol–water partition coefficient (Wildman–Crippen LogP) is 4.62. The van der Waals surface area contributed by atoms with Crippen molar-refractivity contribution in [3.63, 3.8) is 0 Å². The number of amides is 1. The van der Waals surface area contributed by atoms with Gasteiger partial charge in [-0.1, -0.05) is 37.3 Å². The van der Waals surface area contributed by atoms with E-state index in [0.29, 0.717) is 23.9 Å². The van der Waals surface area contributed by atoms with Crippen LogP contribution in [0.5, 0.6) is 5.75 Å². The van der Waals surface area contributed by atoms with Crippen LogP contribution in [0.4, 0.5) is 0 Å². The molecule has 1 N–H and O–H groups in total. The third-order valence-corrected chi connectivity index (χ3v) is 5.22. The maximum Gasteiger partial charge on any atom is 0.305 e. The lowest BCUT2D eigenvalue weighted by Crippen LogP contribution is -2.29. The predicted molar refractivity (Wildman–Crippen MR) is 106 cm³/mol. The highest BCUT2D eigenvalue weighted by molar-refractivity contribution is 6.30. The molecule has 1 amide bonds. The lowest BCUT2D eigenvalue weighted by molar-refractivity contribution is -0.140. The molecule has 0 unspecified atom stereocenters. The number of carbonyl (C=O) groups excluding carboxylic acids is 2. The Morgan fingerprint density at radius 2 is 1.93 bits per heavy atom. The van der Waals surface area contributed by atoms with E-state index in [9.17, 15) is 9.59 Å². The zero-order chi connectivity index (χ0) is 19.5. The van der Waals surface area contributed by atoms with Crippen LogP contribution in [0.15, 0.2) is 18.2 Å². The molecular formula is C21H30ClNO4. The van der Waals surface area contributed by atoms with Crippen molar-refractivity contribution in [3.05, 3.63) is 28.8 Å². The molecule has 6 heteroatoms. The normalized spacial score (nSPS) is 14.6. The second-order valence-corrected chi connectivity index (χ2v) is 7.48. The maximum absolute atomic E-state index is 12.0. The Bertz CT molecular complexity index is 614. The van der Waals surface area contributed by atoms with Crippen LogP contribution in [-0.2, 0) is 14.3 Å². The molecule has 1 aliphatic rings. The number of methoxy groups -OCH3 is 1. The summed E-state index contributed by atoms with van der Waals surface area (Å²) in [4.78, 5) is 23.0. The molecule has 150 valence electrons. The molecule has 1 saturated carbocycles. The molecule has 0 saturated heterocycles. The number of esters is 1. The topological polar surface area (TPSA) is 64.6 Å². The van der Waals surface area contributed by atoms with Crippen LogP contribution in [-0.4, -0.2) is 32.1 Å². The zero-order valence-electron chi connectivity index (χ0n) is 16.1. The van der Waals surface area contributed by atoms with E-state index in [-0.39, 0.29) is 18.5 Å². The van der Waals surface area contributed by atoms with E-state index >= 15 is 0 Å². The van der Waals surface area contributed by atoms with Crippen LogP contribution in [0.3, 0.4) is 0 Å². The Kier molecular flexibility index (Phi) is 9.46. The van der Waals surface area contributed by atoms with Crippen molar-refractivity contribution in [1.82, 2.24) is 5.32 Å². The summed E-state index contributed by atoms with van der Waals surface area (Å²) in [7, 11) is 1.39. The van der Waals surface area contributed by atoms with Crippen molar-refractivity contribution in [2.75, 3.05) is 20.3 Å². The Morgan fingerprint density at radius 3 is 2.67 bits per heavy atom. The Morgan fingerprint density at radius 1 is 1.15 bits per heavy atom. The molecule has 1 fully saturated rings. The molecule has 0 bridgehead atoms. The van der Waals surface area contributed by atoms with Gasteiger partial charge in [0.05, 0.1) is 7.11 Å². The zero-order valence-corrected chi connectivity index (χ0v) is 16.9. The highest BCUT2D eigenvalue weighted by Crippen LogP contribution is 2.38. The van der Waals surface area contributed by atoms with E-state index in [1.165, 1.54) is 26.4 Å². The van der Waals surface area contributed by atoms with Crippen LogP contribution in [0, 0.1) is 0 Å². The van der Waals surface area contributed by atoms with Gasteiger partial charge in [-0.05, 0) is 55.4 Å². The van der Waals surface area contributed by atoms with Crippen molar-refractivity contribution in [2.24, 2.45) is 0 Å². The highest BCUT2D eigenvalue weighted by Gasteiger charge is 2.20. The molecule has 2 rings (SSSR count). The number of halogens is 1. The van der Waals surface area contributed by atoms with Gasteiger partial charge in [0.1, 0.15) is 5.75 Å². The van der Waals surface area contributed by atoms with Crippen LogP contribution < -0.4 is 10.1 Å². The fourth-order valence-electron chi connectivity index (χ4n) is 3.48. The van der Waals surface area contributed by atoms with Crippen molar-refractivity contribution >= 4 is 23.5 Å². The molecule has 0 aliphatic heterocycles. The smallest absolute Gasteiger partial charge is 0.305 e. The van der Waals surface area contributed by atoms with Gasteiger partial charge in [-0.15, -0.1) is 0 Å². The van der Waals surface area contributed by atoms with Crippen LogP contribution in [0.1, 0.15) is 69.3 Å². The van der Waals surface area contributed by atoms with Gasteiger partial charge in [-0.3, -0.25) is 9.59 Å². The molecule has 0 aromatic heterocycles. The molecule has 1 aromatic rings. The number of carbonyl (C=O) groups is 2. The van der Waals surface area contributed by atoms with Gasteiger partial charge in [0.25, 0.3) is 5.91 Å². The van der Waals surface area contributed by atoms with Crippen LogP contribution in [0.25, 0.3) is 0 Å². The van der Waals surface area contributed by atoms with E-state index in [0.717, 1.165) is 43.4 Å². The first-order valence-corrected chi connectivity index (χ1v) is 10.2. The maximum atomic E-state index is 12.0. The Hall–Kier alpha value is -1.75. The molecule has 5 nitrogen and oxygen atoms in total. The third-order valence-electron chi connectivity index (χ3n) is 4.98. The Balaban J connectivity index is 1.72. The molecule has 1 aliphatic carbocycles. The number of nitrogens with one attached hydrogen (secondary N) is 1. The second kappa shape index (κ2) is 11.9. The van der Waals surface area contributed by atoms with E-state index in [1.807, 2.05) is 18.2 Å². The SMILES string of the molecule is COC(=O)CCCCCNC(=O)COc1ccc(Cl)cc1C1CCCCC1. The summed E-state index contributed by atoms with van der Waals surface area (Å²) < 4.78 is 10.4. The van der Waals surface area contributed by atoms with E-state index < -0.39 is 0 Å². The van der Waals surface area contributed by atoms with Gasteiger partial charge in [-0.2, -0.15) is 0 Å². The third kappa shape index (κ3) is 7.79. The number of ether oxygens (including phenoxy) is 2. The number of rotatable bonds is 10. The molecular weight excluding hydrogens is 366 g/mol. The van der Waals surface area contributed by atoms with Gasteiger partial charge in [-0.25, -0.2) is 0 Å². The molecule has 27 heavy (non-hydrogen) atoms. The molecule has 0 heterocycles. The van der Waals surface area contributed by atoms with Gasteiger partial charge in [0.15, 0.2) is 6.61 Å². The first-order valence-electron chi connectivity index (χ1n) is 9.86. The number of benzene rings is 1. The van der Waals surface area contributed by atoms with Crippen molar-refractivity contribution in [1.29, 1.82) is 0 Å². The summed E-state index contributed by atoms with van der Waals surface area (Å²) in [6, 6.07) is 5.65. The molecule has 0 spiro atoms. The van der Waals surface area contributed by atoms with E-state index in [1.54, 1.807) is 0 Å². The molecule has 1 aromatic carbocycles. The minimum absolute atomic E-state index is 0.00349. The minimum Gasteiger partial charge on any atom is -0.483 e. The first kappa shape index (κ1) is 21.5. The van der Waals surface area contributed by atoms with E-state index in [4.69, 9.17) is 16.3 Å². The van der Waals surface area contributed by atoms with Crippen molar-refractivity contribution < 1.29 is 19.1 Å². The fourth-order valence-corrected chi connectivity index (χ4v) is 3.66. The van der Waals surface area contributed by atoms with Gasteiger partial charge in [0.2, 0.25) is 0 Å². The summed E-state index contributed by atoms with van der Waals surface area (Å²) in [5, 5.41) is 3.57. The van der Waals surface area contributed by atoms with Crippen LogP contribution >= 0.6 is 11.6 Å². The van der Waals surface area contributed by atoms with Gasteiger partial charge in [0, 0.05) is 18.0 Å². The summed E-state index contributed by atoms with van der Waals surface area (Å²) in [6.45, 7) is 0.586. The summed E-state index contributed by atoms with van der Waals surface area (Å²) in [5.41, 5.74) is 1.12. The average Bonchev–Trinajstić information content (AvgIpc) is 2.70. The first-order chi connectivity index (χ1) is 13.1. The monoisotopic (exact) mass is 395 g/mol. The Labute approximate surface area is 166 Å². The van der Waals surface area contributed by atoms with E-state index in [2.05, 4.69) is 10.1 Å². The highest BCUT2D eigenvalue weighted by atomic mass is 35.5. The number of unbranched alkanes of at least 4 members (excludes halogenated alkanes) is 2. The molecule has 0 atom stereocenters. The second-order valence-electron chi connectivity index (χ2n) is 7.04. The largest absolute Gasteiger partial charge is 0.483 e. The lowest BCUT2D eigenvalue weighted by Gasteiger charge is -2.24. The lowest BCUT2D eigenvalue weighted by atomic mass is 9.84. The van der Waals surface area contributed by atoms with Gasteiger partial charge < -0.3 is 14.8 Å². The van der Waals surface area contributed by atoms with Crippen LogP contribution in [0.2, 0.25) is 5.02 Å². The summed E-state index contributed by atoms with van der Waals surface area (Å²) in [6.07, 6.45) is 8.94. The quantitative estimate of drug-likeness (QED) is 0.464. The number of hydrogen-bond donors (Lipinski definition) is 1. The average molecular weight is 396 g/mol. The van der Waals surface area contributed by atoms with Gasteiger partial charge >= 0.3 is 5.97 Å². The number of hydrogen-bond acceptors (Lipinski definition) is 4. The summed E-state index contributed by atoms with van der Waals surface area (Å²) in [5.74, 6) is 0.904. The standard InChI is InChI=1S/C21H30ClNO4/c1-26-21(25)10-6-3-7-13-23-20(24)15-27-19-12-11-17(22)14-18(19)16-8-4-2-5-9-16/h11-12,14,16H,2-10,13,15H2,1H3,(H,23,24). The van der Waals surface area contributed by atoms with Crippen molar-refractivity contribution in [3.8, 4) is 5.75 Å². The summed E-state index contributed by atoms with van der Waals surface area (Å²) >= 11 is 6.17. The fraction of sp³-hybridized carbons (Fsp3) is 0.619.